The van der Waals surface area contributed by atoms with E-state index in [4.69, 9.17) is 5.26 Å². The molecule has 84 valence electrons. The van der Waals surface area contributed by atoms with Crippen molar-refractivity contribution in [1.82, 2.24) is 9.55 Å². The highest BCUT2D eigenvalue weighted by Crippen LogP contribution is 2.28. The Bertz CT molecular complexity index is 552. The van der Waals surface area contributed by atoms with Crippen LogP contribution in [0.3, 0.4) is 0 Å². The minimum absolute atomic E-state index is 0.112. The number of nitrogens with one attached hydrogen (secondary N) is 1. The number of nitrogens with zero attached hydrogens (tertiary/aromatic N) is 2. The molecule has 0 bridgehead atoms. The van der Waals surface area contributed by atoms with E-state index in [1.807, 2.05) is 0 Å². The zero-order valence-electron chi connectivity index (χ0n) is 8.51. The third-order valence-electron chi connectivity index (χ3n) is 2.89. The average molecular weight is 221 g/mol. The Morgan fingerprint density at radius 3 is 2.81 bits per heavy atom. The molecule has 1 aromatic heterocycles. The van der Waals surface area contributed by atoms with E-state index >= 15 is 0 Å². The highest BCUT2D eigenvalue weighted by Gasteiger charge is 2.27. The Labute approximate surface area is 90.8 Å². The SMILES string of the molecule is N#Cc1cn([C@@H]2CCC[C@@H]2O)c(=O)[nH]c1=O. The summed E-state index contributed by atoms with van der Waals surface area (Å²) in [6.07, 6.45) is 2.78. The number of H-pyrrole nitrogens is 1. The summed E-state index contributed by atoms with van der Waals surface area (Å²) >= 11 is 0. The van der Waals surface area contributed by atoms with Gasteiger partial charge in [-0.15, -0.1) is 0 Å². The molecule has 1 heterocycles. The molecule has 1 aliphatic rings. The summed E-state index contributed by atoms with van der Waals surface area (Å²) in [6, 6.07) is 1.38. The maximum atomic E-state index is 11.5. The van der Waals surface area contributed by atoms with Crippen molar-refractivity contribution in [2.75, 3.05) is 0 Å². The van der Waals surface area contributed by atoms with Crippen molar-refractivity contribution in [2.24, 2.45) is 0 Å². The van der Waals surface area contributed by atoms with Crippen molar-refractivity contribution >= 4 is 0 Å². The van der Waals surface area contributed by atoms with Crippen LogP contribution in [-0.4, -0.2) is 20.8 Å². The number of hydrogen-bond acceptors (Lipinski definition) is 4. The first-order valence-corrected chi connectivity index (χ1v) is 5.07. The zero-order chi connectivity index (χ0) is 11.7. The first-order valence-electron chi connectivity index (χ1n) is 5.07. The van der Waals surface area contributed by atoms with Gasteiger partial charge in [-0.3, -0.25) is 14.3 Å². The van der Waals surface area contributed by atoms with E-state index < -0.39 is 17.4 Å². The summed E-state index contributed by atoms with van der Waals surface area (Å²) in [4.78, 5) is 24.8. The van der Waals surface area contributed by atoms with E-state index in [1.165, 1.54) is 10.8 Å². The standard InChI is InChI=1S/C10H11N3O3/c11-4-6-5-13(10(16)12-9(6)15)7-2-1-3-8(7)14/h5,7-8,14H,1-3H2,(H,12,15,16)/t7-,8+/m1/s1. The fraction of sp³-hybridized carbons (Fsp3) is 0.500. The van der Waals surface area contributed by atoms with Crippen LogP contribution in [0, 0.1) is 11.3 Å². The van der Waals surface area contributed by atoms with Crippen LogP contribution in [-0.2, 0) is 0 Å². The Morgan fingerprint density at radius 2 is 2.25 bits per heavy atom. The van der Waals surface area contributed by atoms with Gasteiger partial charge in [-0.1, -0.05) is 0 Å². The zero-order valence-corrected chi connectivity index (χ0v) is 8.51. The number of aliphatic hydroxyl groups excluding tert-OH is 1. The van der Waals surface area contributed by atoms with Gasteiger partial charge in [0.2, 0.25) is 0 Å². The molecule has 2 N–H and O–H groups in total. The Hall–Kier alpha value is -1.87. The molecule has 0 unspecified atom stereocenters. The number of hydrogen-bond donors (Lipinski definition) is 2. The molecule has 2 atom stereocenters. The van der Waals surface area contributed by atoms with Crippen LogP contribution in [0.25, 0.3) is 0 Å². The molecule has 6 nitrogen and oxygen atoms in total. The summed E-state index contributed by atoms with van der Waals surface area (Å²) in [6.45, 7) is 0. The van der Waals surface area contributed by atoms with E-state index in [1.54, 1.807) is 6.07 Å². The first kappa shape index (κ1) is 10.6. The molecule has 0 amide bonds. The van der Waals surface area contributed by atoms with Gasteiger partial charge in [0.05, 0.1) is 12.1 Å². The van der Waals surface area contributed by atoms with E-state index in [-0.39, 0.29) is 11.6 Å². The Morgan fingerprint density at radius 1 is 1.50 bits per heavy atom. The highest BCUT2D eigenvalue weighted by molar-refractivity contribution is 5.22. The van der Waals surface area contributed by atoms with Crippen LogP contribution < -0.4 is 11.2 Å². The first-order chi connectivity index (χ1) is 7.63. The molecule has 1 fully saturated rings. The fourth-order valence-electron chi connectivity index (χ4n) is 2.06. The van der Waals surface area contributed by atoms with Gasteiger partial charge in [-0.25, -0.2) is 4.79 Å². The minimum atomic E-state index is -0.684. The monoisotopic (exact) mass is 221 g/mol. The summed E-state index contributed by atoms with van der Waals surface area (Å²) in [5.74, 6) is 0. The molecule has 6 heteroatoms. The Balaban J connectivity index is 2.53. The quantitative estimate of drug-likeness (QED) is 0.667. The number of aromatic nitrogens is 2. The van der Waals surface area contributed by atoms with Crippen LogP contribution in [0.5, 0.6) is 0 Å². The Kier molecular flexibility index (Phi) is 2.62. The molecule has 1 aromatic rings. The fourth-order valence-corrected chi connectivity index (χ4v) is 2.06. The molecule has 0 spiro atoms. The van der Waals surface area contributed by atoms with Gasteiger partial charge in [-0.05, 0) is 19.3 Å². The van der Waals surface area contributed by atoms with Crippen LogP contribution in [0.4, 0.5) is 0 Å². The summed E-state index contributed by atoms with van der Waals surface area (Å²) < 4.78 is 1.25. The molecule has 2 rings (SSSR count). The van der Waals surface area contributed by atoms with Crippen LogP contribution in [0.2, 0.25) is 0 Å². The largest absolute Gasteiger partial charge is 0.391 e. The topological polar surface area (TPSA) is 98.9 Å². The molecule has 0 aliphatic heterocycles. The van der Waals surface area contributed by atoms with Crippen molar-refractivity contribution in [2.45, 2.75) is 31.4 Å². The van der Waals surface area contributed by atoms with E-state index in [0.717, 1.165) is 6.42 Å². The minimum Gasteiger partial charge on any atom is -0.391 e. The van der Waals surface area contributed by atoms with Gasteiger partial charge in [-0.2, -0.15) is 5.26 Å². The maximum absolute atomic E-state index is 11.5. The van der Waals surface area contributed by atoms with Crippen molar-refractivity contribution in [3.05, 3.63) is 32.6 Å². The molecule has 16 heavy (non-hydrogen) atoms. The van der Waals surface area contributed by atoms with E-state index in [9.17, 15) is 14.7 Å². The summed E-state index contributed by atoms with van der Waals surface area (Å²) in [7, 11) is 0. The van der Waals surface area contributed by atoms with Gasteiger partial charge >= 0.3 is 5.69 Å². The van der Waals surface area contributed by atoms with Gasteiger partial charge < -0.3 is 5.11 Å². The highest BCUT2D eigenvalue weighted by atomic mass is 16.3. The molecule has 1 aliphatic carbocycles. The predicted molar refractivity (Wildman–Crippen MR) is 54.9 cm³/mol. The number of aliphatic hydroxyl groups is 1. The van der Waals surface area contributed by atoms with Crippen molar-refractivity contribution < 1.29 is 5.11 Å². The average Bonchev–Trinajstić information content (AvgIpc) is 2.65. The second-order valence-electron chi connectivity index (χ2n) is 3.89. The number of aromatic amines is 1. The maximum Gasteiger partial charge on any atom is 0.328 e. The van der Waals surface area contributed by atoms with Gasteiger partial charge in [0.25, 0.3) is 5.56 Å². The lowest BCUT2D eigenvalue weighted by molar-refractivity contribution is 0.134. The molecule has 0 radical (unpaired) electrons. The van der Waals surface area contributed by atoms with Crippen molar-refractivity contribution in [3.63, 3.8) is 0 Å². The lowest BCUT2D eigenvalue weighted by Crippen LogP contribution is -2.35. The molecular weight excluding hydrogens is 210 g/mol. The number of rotatable bonds is 1. The molecular formula is C10H11N3O3. The molecule has 1 saturated carbocycles. The lowest BCUT2D eigenvalue weighted by Gasteiger charge is -2.16. The van der Waals surface area contributed by atoms with Crippen LogP contribution >= 0.6 is 0 Å². The second kappa shape index (κ2) is 3.94. The normalized spacial score (nSPS) is 24.2. The second-order valence-corrected chi connectivity index (χ2v) is 3.89. The predicted octanol–water partition coefficient (Wildman–Crippen LogP) is -0.506. The van der Waals surface area contributed by atoms with Crippen molar-refractivity contribution in [3.8, 4) is 6.07 Å². The lowest BCUT2D eigenvalue weighted by atomic mass is 10.2. The van der Waals surface area contributed by atoms with Gasteiger partial charge in [0, 0.05) is 6.20 Å². The van der Waals surface area contributed by atoms with Gasteiger partial charge in [0.15, 0.2) is 0 Å². The summed E-state index contributed by atoms with van der Waals surface area (Å²) in [5, 5.41) is 18.4. The third-order valence-corrected chi connectivity index (χ3v) is 2.89. The number of nitriles is 1. The molecule has 0 aromatic carbocycles. The van der Waals surface area contributed by atoms with Crippen molar-refractivity contribution in [1.29, 1.82) is 5.26 Å². The molecule has 0 saturated heterocycles. The smallest absolute Gasteiger partial charge is 0.328 e. The third kappa shape index (κ3) is 1.66. The van der Waals surface area contributed by atoms with E-state index in [0.29, 0.717) is 12.8 Å². The van der Waals surface area contributed by atoms with Crippen LogP contribution in [0.15, 0.2) is 15.8 Å². The van der Waals surface area contributed by atoms with Gasteiger partial charge in [0.1, 0.15) is 11.6 Å². The van der Waals surface area contributed by atoms with E-state index in [2.05, 4.69) is 4.98 Å². The van der Waals surface area contributed by atoms with Crippen LogP contribution in [0.1, 0.15) is 30.9 Å². The summed E-state index contributed by atoms with van der Waals surface area (Å²) in [5.41, 5.74) is -1.37.